The molecule has 76 valence electrons. The Morgan fingerprint density at radius 1 is 1.20 bits per heavy atom. The summed E-state index contributed by atoms with van der Waals surface area (Å²) in [5, 5.41) is 2.38. The van der Waals surface area contributed by atoms with Gasteiger partial charge in [0.1, 0.15) is 5.70 Å². The molecule has 0 bridgehead atoms. The van der Waals surface area contributed by atoms with Crippen LogP contribution in [-0.2, 0) is 11.3 Å². The van der Waals surface area contributed by atoms with E-state index in [4.69, 9.17) is 0 Å². The van der Waals surface area contributed by atoms with Crippen LogP contribution in [-0.4, -0.2) is 16.8 Å². The predicted octanol–water partition coefficient (Wildman–Crippen LogP) is 1.25. The molecule has 15 heavy (non-hydrogen) atoms. The van der Waals surface area contributed by atoms with Gasteiger partial charge in [-0.25, -0.2) is 4.79 Å². The zero-order valence-electron chi connectivity index (χ0n) is 8.06. The van der Waals surface area contributed by atoms with Crippen molar-refractivity contribution in [2.45, 2.75) is 6.54 Å². The van der Waals surface area contributed by atoms with E-state index >= 15 is 0 Å². The number of urea groups is 1. The number of nitrogens with zero attached hydrogens (tertiary/aromatic N) is 1. The number of benzene rings is 1. The molecule has 1 aromatic rings. The largest absolute Gasteiger partial charge is 0.329 e. The first-order valence-electron chi connectivity index (χ1n) is 4.54. The molecule has 3 amide bonds. The molecule has 1 aromatic carbocycles. The average molecular weight is 202 g/mol. The molecule has 1 aliphatic heterocycles. The fraction of sp³-hybridized carbons (Fsp3) is 0.0909. The SMILES string of the molecule is C=C1NC(=O)N(Cc2ccccc2)C1=O. The highest BCUT2D eigenvalue weighted by atomic mass is 16.2. The second kappa shape index (κ2) is 3.57. The minimum atomic E-state index is -0.408. The zero-order valence-corrected chi connectivity index (χ0v) is 8.06. The normalized spacial score (nSPS) is 15.7. The summed E-state index contributed by atoms with van der Waals surface area (Å²) < 4.78 is 0. The van der Waals surface area contributed by atoms with E-state index in [-0.39, 0.29) is 18.1 Å². The number of carbonyl (C=O) groups excluding carboxylic acids is 2. The van der Waals surface area contributed by atoms with E-state index in [0.29, 0.717) is 0 Å². The lowest BCUT2D eigenvalue weighted by atomic mass is 10.2. The molecule has 0 atom stereocenters. The summed E-state index contributed by atoms with van der Waals surface area (Å²) >= 11 is 0. The third kappa shape index (κ3) is 1.74. The third-order valence-corrected chi connectivity index (χ3v) is 2.19. The first kappa shape index (κ1) is 9.45. The van der Waals surface area contributed by atoms with Gasteiger partial charge in [0.2, 0.25) is 0 Å². The Hall–Kier alpha value is -2.10. The van der Waals surface area contributed by atoms with Gasteiger partial charge in [0, 0.05) is 0 Å². The maximum Gasteiger partial charge on any atom is 0.329 e. The van der Waals surface area contributed by atoms with E-state index in [9.17, 15) is 9.59 Å². The van der Waals surface area contributed by atoms with Crippen molar-refractivity contribution in [2.75, 3.05) is 0 Å². The van der Waals surface area contributed by atoms with Gasteiger partial charge in [-0.2, -0.15) is 0 Å². The van der Waals surface area contributed by atoms with Gasteiger partial charge in [-0.05, 0) is 5.56 Å². The van der Waals surface area contributed by atoms with E-state index in [0.717, 1.165) is 10.5 Å². The first-order chi connectivity index (χ1) is 7.18. The van der Waals surface area contributed by atoms with Crippen LogP contribution in [0.1, 0.15) is 5.56 Å². The molecule has 2 rings (SSSR count). The Morgan fingerprint density at radius 2 is 1.87 bits per heavy atom. The van der Waals surface area contributed by atoms with Crippen molar-refractivity contribution in [3.8, 4) is 0 Å². The van der Waals surface area contributed by atoms with Gasteiger partial charge in [-0.1, -0.05) is 36.9 Å². The van der Waals surface area contributed by atoms with Crippen molar-refractivity contribution in [3.05, 3.63) is 48.2 Å². The van der Waals surface area contributed by atoms with Crippen LogP contribution in [0.15, 0.2) is 42.6 Å². The summed E-state index contributed by atoms with van der Waals surface area (Å²) in [7, 11) is 0. The van der Waals surface area contributed by atoms with Crippen LogP contribution in [0.5, 0.6) is 0 Å². The average Bonchev–Trinajstić information content (AvgIpc) is 2.47. The summed E-state index contributed by atoms with van der Waals surface area (Å²) in [5.74, 6) is -0.358. The number of nitrogens with one attached hydrogen (secondary N) is 1. The molecular formula is C11H10N2O2. The summed E-state index contributed by atoms with van der Waals surface area (Å²) in [6.45, 7) is 3.74. The highest BCUT2D eigenvalue weighted by molar-refractivity contribution is 6.11. The summed E-state index contributed by atoms with van der Waals surface area (Å²) in [6, 6.07) is 8.93. The van der Waals surface area contributed by atoms with E-state index in [2.05, 4.69) is 11.9 Å². The van der Waals surface area contributed by atoms with Crippen molar-refractivity contribution in [1.82, 2.24) is 10.2 Å². The standard InChI is InChI=1S/C11H10N2O2/c1-8-10(14)13(11(15)12-8)7-9-5-3-2-4-6-9/h2-6H,1,7H2,(H,12,15). The van der Waals surface area contributed by atoms with Crippen molar-refractivity contribution >= 4 is 11.9 Å². The van der Waals surface area contributed by atoms with Crippen LogP contribution in [0.2, 0.25) is 0 Å². The molecule has 0 aliphatic carbocycles. The Labute approximate surface area is 87.2 Å². The van der Waals surface area contributed by atoms with Gasteiger partial charge in [0.25, 0.3) is 5.91 Å². The first-order valence-corrected chi connectivity index (χ1v) is 4.54. The number of hydrogen-bond donors (Lipinski definition) is 1. The van der Waals surface area contributed by atoms with Gasteiger partial charge < -0.3 is 5.32 Å². The molecule has 1 N–H and O–H groups in total. The molecule has 4 heteroatoms. The Balaban J connectivity index is 2.16. The molecule has 0 radical (unpaired) electrons. The smallest absolute Gasteiger partial charge is 0.303 e. The van der Waals surface area contributed by atoms with Crippen LogP contribution >= 0.6 is 0 Å². The Bertz CT molecular complexity index is 425. The highest BCUT2D eigenvalue weighted by Crippen LogP contribution is 2.12. The third-order valence-electron chi connectivity index (χ3n) is 2.19. The van der Waals surface area contributed by atoms with Gasteiger partial charge >= 0.3 is 6.03 Å². The van der Waals surface area contributed by atoms with E-state index < -0.39 is 6.03 Å². The summed E-state index contributed by atoms with van der Waals surface area (Å²) in [6.07, 6.45) is 0. The fourth-order valence-corrected chi connectivity index (χ4v) is 1.41. The maximum absolute atomic E-state index is 11.5. The maximum atomic E-state index is 11.5. The quantitative estimate of drug-likeness (QED) is 0.579. The van der Waals surface area contributed by atoms with Crippen molar-refractivity contribution in [3.63, 3.8) is 0 Å². The molecule has 0 unspecified atom stereocenters. The molecule has 1 aliphatic rings. The minimum absolute atomic E-state index is 0.135. The van der Waals surface area contributed by atoms with Crippen molar-refractivity contribution in [1.29, 1.82) is 0 Å². The molecule has 4 nitrogen and oxygen atoms in total. The second-order valence-electron chi connectivity index (χ2n) is 3.29. The lowest BCUT2D eigenvalue weighted by Gasteiger charge is -2.11. The molecule has 0 saturated carbocycles. The van der Waals surface area contributed by atoms with Gasteiger partial charge in [-0.3, -0.25) is 9.69 Å². The van der Waals surface area contributed by atoms with Gasteiger partial charge in [0.05, 0.1) is 6.54 Å². The van der Waals surface area contributed by atoms with Crippen molar-refractivity contribution < 1.29 is 9.59 Å². The van der Waals surface area contributed by atoms with E-state index in [1.165, 1.54) is 0 Å². The minimum Gasteiger partial charge on any atom is -0.303 e. The lowest BCUT2D eigenvalue weighted by molar-refractivity contribution is -0.123. The summed E-state index contributed by atoms with van der Waals surface area (Å²) in [4.78, 5) is 23.9. The van der Waals surface area contributed by atoms with Crippen LogP contribution in [0.25, 0.3) is 0 Å². The van der Waals surface area contributed by atoms with Crippen LogP contribution in [0.3, 0.4) is 0 Å². The molecule has 0 aromatic heterocycles. The molecule has 0 spiro atoms. The number of hydrogen-bond acceptors (Lipinski definition) is 2. The Morgan fingerprint density at radius 3 is 2.40 bits per heavy atom. The number of imide groups is 1. The zero-order chi connectivity index (χ0) is 10.8. The van der Waals surface area contributed by atoms with Gasteiger partial charge in [0.15, 0.2) is 0 Å². The molecule has 1 heterocycles. The number of amides is 3. The second-order valence-corrected chi connectivity index (χ2v) is 3.29. The number of rotatable bonds is 2. The molecule has 1 saturated heterocycles. The topological polar surface area (TPSA) is 49.4 Å². The van der Waals surface area contributed by atoms with Gasteiger partial charge in [-0.15, -0.1) is 0 Å². The number of carbonyl (C=O) groups is 2. The van der Waals surface area contributed by atoms with Crippen molar-refractivity contribution in [2.24, 2.45) is 0 Å². The van der Waals surface area contributed by atoms with E-state index in [1.54, 1.807) is 0 Å². The Kier molecular flexibility index (Phi) is 2.25. The van der Waals surface area contributed by atoms with E-state index in [1.807, 2.05) is 30.3 Å². The highest BCUT2D eigenvalue weighted by Gasteiger charge is 2.31. The predicted molar refractivity (Wildman–Crippen MR) is 54.7 cm³/mol. The van der Waals surface area contributed by atoms with Crippen LogP contribution < -0.4 is 5.32 Å². The fourth-order valence-electron chi connectivity index (χ4n) is 1.41. The van der Waals surface area contributed by atoms with Crippen LogP contribution in [0, 0.1) is 0 Å². The van der Waals surface area contributed by atoms with Crippen LogP contribution in [0.4, 0.5) is 4.79 Å². The lowest BCUT2D eigenvalue weighted by Crippen LogP contribution is -2.30. The monoisotopic (exact) mass is 202 g/mol. The molecule has 1 fully saturated rings. The molecular weight excluding hydrogens is 192 g/mol. The summed E-state index contributed by atoms with van der Waals surface area (Å²) in [5.41, 5.74) is 1.05.